The molecular formula is C21H23ClN4O3S. The highest BCUT2D eigenvalue weighted by Crippen LogP contribution is 2.32. The molecule has 0 bridgehead atoms. The summed E-state index contributed by atoms with van der Waals surface area (Å²) in [6, 6.07) is 9.97. The Hall–Kier alpha value is -2.55. The number of aryl methyl sites for hydroxylation is 1. The topological polar surface area (TPSA) is 79.6 Å². The number of nitrogens with zero attached hydrogens (tertiary/aromatic N) is 4. The van der Waals surface area contributed by atoms with Crippen LogP contribution in [0, 0.1) is 10.1 Å². The third kappa shape index (κ3) is 4.95. The second kappa shape index (κ2) is 9.51. The quantitative estimate of drug-likeness (QED) is 0.358. The van der Waals surface area contributed by atoms with Crippen LogP contribution < -0.4 is 4.90 Å². The van der Waals surface area contributed by atoms with E-state index in [4.69, 9.17) is 11.6 Å². The van der Waals surface area contributed by atoms with Crippen LogP contribution in [0.5, 0.6) is 0 Å². The first-order valence-corrected chi connectivity index (χ1v) is 10.8. The summed E-state index contributed by atoms with van der Waals surface area (Å²) in [4.78, 5) is 32.3. The maximum atomic E-state index is 13.4. The molecule has 0 unspecified atom stereocenters. The Kier molecular flexibility index (Phi) is 7.02. The van der Waals surface area contributed by atoms with E-state index in [2.05, 4.69) is 18.0 Å². The van der Waals surface area contributed by atoms with Crippen LogP contribution in [0.25, 0.3) is 10.2 Å². The minimum absolute atomic E-state index is 0.101. The van der Waals surface area contributed by atoms with Gasteiger partial charge in [0.1, 0.15) is 0 Å². The molecule has 1 heterocycles. The van der Waals surface area contributed by atoms with E-state index in [1.165, 1.54) is 35.1 Å². The molecule has 3 aromatic rings. The number of hydrogen-bond acceptors (Lipinski definition) is 6. The lowest BCUT2D eigenvalue weighted by atomic mass is 10.1. The summed E-state index contributed by atoms with van der Waals surface area (Å²) in [5.74, 6) is -0.391. The van der Waals surface area contributed by atoms with E-state index < -0.39 is 10.8 Å². The number of anilines is 1. The normalized spacial score (nSPS) is 11.2. The highest BCUT2D eigenvalue weighted by atomic mass is 35.5. The minimum Gasteiger partial charge on any atom is -0.309 e. The van der Waals surface area contributed by atoms with Gasteiger partial charge in [0.15, 0.2) is 5.13 Å². The first kappa shape index (κ1) is 22.1. The predicted octanol–water partition coefficient (Wildman–Crippen LogP) is 5.02. The summed E-state index contributed by atoms with van der Waals surface area (Å²) in [7, 11) is 3.93. The number of halogens is 1. The second-order valence-corrected chi connectivity index (χ2v) is 8.60. The molecule has 0 spiro atoms. The van der Waals surface area contributed by atoms with Gasteiger partial charge in [-0.1, -0.05) is 35.9 Å². The largest absolute Gasteiger partial charge is 0.309 e. The number of nitro benzene ring substituents is 1. The zero-order valence-corrected chi connectivity index (χ0v) is 18.7. The molecule has 1 aromatic heterocycles. The fourth-order valence-electron chi connectivity index (χ4n) is 3.06. The predicted molar refractivity (Wildman–Crippen MR) is 122 cm³/mol. The zero-order valence-electron chi connectivity index (χ0n) is 17.1. The van der Waals surface area contributed by atoms with Crippen molar-refractivity contribution < 1.29 is 9.72 Å². The molecule has 0 aliphatic heterocycles. The van der Waals surface area contributed by atoms with Crippen molar-refractivity contribution in [3.63, 3.8) is 0 Å². The smallest absolute Gasteiger partial charge is 0.270 e. The molecule has 2 aromatic carbocycles. The van der Waals surface area contributed by atoms with Gasteiger partial charge in [0.2, 0.25) is 0 Å². The van der Waals surface area contributed by atoms with Crippen molar-refractivity contribution in [2.75, 3.05) is 32.1 Å². The lowest BCUT2D eigenvalue weighted by Gasteiger charge is -2.21. The van der Waals surface area contributed by atoms with Crippen LogP contribution in [0.3, 0.4) is 0 Å². The van der Waals surface area contributed by atoms with Crippen molar-refractivity contribution in [1.82, 2.24) is 9.88 Å². The van der Waals surface area contributed by atoms with Crippen molar-refractivity contribution in [2.24, 2.45) is 0 Å². The standard InChI is InChI=1S/C21H23ClN4O3S/c1-4-14-6-9-18-19(12-14)30-21(23-18)25(11-5-10-24(2)3)20(27)16-13-15(26(28)29)7-8-17(16)22/h6-9,12-13H,4-5,10-11H2,1-3H3. The summed E-state index contributed by atoms with van der Waals surface area (Å²) >= 11 is 7.67. The lowest BCUT2D eigenvalue weighted by Crippen LogP contribution is -2.33. The molecule has 0 aliphatic carbocycles. The Morgan fingerprint density at radius 2 is 1.97 bits per heavy atom. The van der Waals surface area contributed by atoms with E-state index in [0.717, 1.165) is 29.6 Å². The number of amides is 1. The van der Waals surface area contributed by atoms with Gasteiger partial charge in [-0.15, -0.1) is 0 Å². The van der Waals surface area contributed by atoms with Crippen molar-refractivity contribution in [3.8, 4) is 0 Å². The number of rotatable bonds is 8. The summed E-state index contributed by atoms with van der Waals surface area (Å²) in [5.41, 5.74) is 1.95. The van der Waals surface area contributed by atoms with Gasteiger partial charge in [-0.3, -0.25) is 19.8 Å². The average molecular weight is 447 g/mol. The summed E-state index contributed by atoms with van der Waals surface area (Å²) in [5, 5.41) is 11.9. The van der Waals surface area contributed by atoms with Gasteiger partial charge < -0.3 is 4.90 Å². The molecular weight excluding hydrogens is 424 g/mol. The third-order valence-corrected chi connectivity index (χ3v) is 6.07. The Labute approximate surface area is 184 Å². The molecule has 9 heteroatoms. The van der Waals surface area contributed by atoms with Gasteiger partial charge in [-0.25, -0.2) is 4.98 Å². The van der Waals surface area contributed by atoms with Crippen LogP contribution >= 0.6 is 22.9 Å². The highest BCUT2D eigenvalue weighted by molar-refractivity contribution is 7.22. The Bertz CT molecular complexity index is 1080. The number of non-ortho nitro benzene ring substituents is 1. The number of aromatic nitrogens is 1. The van der Waals surface area contributed by atoms with Crippen LogP contribution in [0.15, 0.2) is 36.4 Å². The number of hydrogen-bond donors (Lipinski definition) is 0. The summed E-state index contributed by atoms with van der Waals surface area (Å²) < 4.78 is 1.000. The third-order valence-electron chi connectivity index (χ3n) is 4.70. The van der Waals surface area contributed by atoms with E-state index in [1.54, 1.807) is 4.90 Å². The highest BCUT2D eigenvalue weighted by Gasteiger charge is 2.25. The monoisotopic (exact) mass is 446 g/mol. The lowest BCUT2D eigenvalue weighted by molar-refractivity contribution is -0.384. The van der Waals surface area contributed by atoms with Crippen molar-refractivity contribution >= 4 is 49.9 Å². The van der Waals surface area contributed by atoms with Crippen LogP contribution in [0.4, 0.5) is 10.8 Å². The number of nitro groups is 1. The van der Waals surface area contributed by atoms with Gasteiger partial charge in [0, 0.05) is 18.7 Å². The molecule has 0 radical (unpaired) electrons. The maximum absolute atomic E-state index is 13.4. The zero-order chi connectivity index (χ0) is 21.8. The minimum atomic E-state index is -0.534. The fourth-order valence-corrected chi connectivity index (χ4v) is 4.31. The molecule has 3 rings (SSSR count). The van der Waals surface area contributed by atoms with Crippen LogP contribution in [-0.2, 0) is 6.42 Å². The van der Waals surface area contributed by atoms with Crippen molar-refractivity contribution in [2.45, 2.75) is 19.8 Å². The molecule has 7 nitrogen and oxygen atoms in total. The number of benzene rings is 2. The van der Waals surface area contributed by atoms with E-state index in [9.17, 15) is 14.9 Å². The fraction of sp³-hybridized carbons (Fsp3) is 0.333. The van der Waals surface area contributed by atoms with Crippen LogP contribution in [-0.4, -0.2) is 47.9 Å². The summed E-state index contributed by atoms with van der Waals surface area (Å²) in [6.45, 7) is 3.30. The molecule has 0 saturated carbocycles. The van der Waals surface area contributed by atoms with Gasteiger partial charge >= 0.3 is 0 Å². The Morgan fingerprint density at radius 3 is 2.63 bits per heavy atom. The molecule has 0 aliphatic rings. The molecule has 158 valence electrons. The molecule has 30 heavy (non-hydrogen) atoms. The Balaban J connectivity index is 2.01. The molecule has 1 amide bonds. The van der Waals surface area contributed by atoms with Crippen LogP contribution in [0.2, 0.25) is 5.02 Å². The number of thiazole rings is 1. The number of carbonyl (C=O) groups excluding carboxylic acids is 1. The number of carbonyl (C=O) groups is 1. The number of fused-ring (bicyclic) bond motifs is 1. The van der Waals surface area contributed by atoms with Gasteiger partial charge in [-0.2, -0.15) is 0 Å². The van der Waals surface area contributed by atoms with E-state index in [-0.39, 0.29) is 16.3 Å². The van der Waals surface area contributed by atoms with Crippen molar-refractivity contribution in [1.29, 1.82) is 0 Å². The Morgan fingerprint density at radius 1 is 1.20 bits per heavy atom. The molecule has 0 atom stereocenters. The van der Waals surface area contributed by atoms with Gasteiger partial charge in [-0.05, 0) is 57.2 Å². The van der Waals surface area contributed by atoms with Gasteiger partial charge in [0.25, 0.3) is 11.6 Å². The van der Waals surface area contributed by atoms with Crippen molar-refractivity contribution in [3.05, 3.63) is 62.7 Å². The average Bonchev–Trinajstić information content (AvgIpc) is 3.13. The summed E-state index contributed by atoms with van der Waals surface area (Å²) in [6.07, 6.45) is 1.64. The van der Waals surface area contributed by atoms with Crippen LogP contribution in [0.1, 0.15) is 29.3 Å². The molecule has 0 fully saturated rings. The molecule has 0 saturated heterocycles. The van der Waals surface area contributed by atoms with Gasteiger partial charge in [0.05, 0.1) is 25.7 Å². The van der Waals surface area contributed by atoms with E-state index in [1.807, 2.05) is 31.1 Å². The van der Waals surface area contributed by atoms with E-state index >= 15 is 0 Å². The first-order valence-electron chi connectivity index (χ1n) is 9.60. The first-order chi connectivity index (χ1) is 14.3. The van der Waals surface area contributed by atoms with E-state index in [0.29, 0.717) is 11.7 Å². The maximum Gasteiger partial charge on any atom is 0.270 e. The second-order valence-electron chi connectivity index (χ2n) is 7.19. The SMILES string of the molecule is CCc1ccc2nc(N(CCCN(C)C)C(=O)c3cc([N+](=O)[O-])ccc3Cl)sc2c1. The molecule has 0 N–H and O–H groups in total.